The molecule has 2 aliphatic heterocycles. The number of piperidine rings is 1. The highest BCUT2D eigenvalue weighted by Crippen LogP contribution is 2.32. The van der Waals surface area contributed by atoms with Crippen LogP contribution in [-0.2, 0) is 21.3 Å². The first kappa shape index (κ1) is 31.0. The van der Waals surface area contributed by atoms with Gasteiger partial charge in [0.05, 0.1) is 48.7 Å². The lowest BCUT2D eigenvalue weighted by molar-refractivity contribution is -0.140. The summed E-state index contributed by atoms with van der Waals surface area (Å²) in [7, 11) is -0.191. The van der Waals surface area contributed by atoms with Crippen molar-refractivity contribution in [3.63, 3.8) is 0 Å². The molecule has 43 heavy (non-hydrogen) atoms. The summed E-state index contributed by atoms with van der Waals surface area (Å²) >= 11 is 0. The van der Waals surface area contributed by atoms with Gasteiger partial charge in [-0.15, -0.1) is 0 Å². The minimum Gasteiger partial charge on any atom is -0.495 e. The molecule has 0 radical (unpaired) electrons. The van der Waals surface area contributed by atoms with Gasteiger partial charge in [0.25, 0.3) is 0 Å². The minimum absolute atomic E-state index is 0.0974. The van der Waals surface area contributed by atoms with E-state index in [1.54, 1.807) is 24.3 Å². The summed E-state index contributed by atoms with van der Waals surface area (Å²) in [6.45, 7) is 2.10. The van der Waals surface area contributed by atoms with E-state index in [0.29, 0.717) is 35.6 Å². The summed E-state index contributed by atoms with van der Waals surface area (Å²) in [6, 6.07) is 11.8. The van der Waals surface area contributed by atoms with Gasteiger partial charge in [0.15, 0.2) is 0 Å². The number of likely N-dealkylation sites (tertiary alicyclic amines) is 1. The highest BCUT2D eigenvalue weighted by Gasteiger charge is 2.30. The van der Waals surface area contributed by atoms with Crippen molar-refractivity contribution in [3.05, 3.63) is 48.2 Å². The van der Waals surface area contributed by atoms with Crippen LogP contribution < -0.4 is 15.4 Å². The maximum absolute atomic E-state index is 13.6. The Kier molecular flexibility index (Phi) is 9.41. The number of nitrogens with zero attached hydrogens (tertiary/aromatic N) is 3. The number of benzene rings is 2. The van der Waals surface area contributed by atoms with Gasteiger partial charge >= 0.3 is 6.18 Å². The van der Waals surface area contributed by atoms with Crippen LogP contribution in [0.2, 0.25) is 0 Å². The Morgan fingerprint density at radius 3 is 2.49 bits per heavy atom. The molecular weight excluding hydrogens is 583 g/mol. The maximum atomic E-state index is 13.6. The number of rotatable bonds is 8. The number of alkyl halides is 3. The van der Waals surface area contributed by atoms with Crippen LogP contribution in [0.25, 0.3) is 10.9 Å². The molecule has 0 unspecified atom stereocenters. The van der Waals surface area contributed by atoms with Crippen molar-refractivity contribution in [1.82, 2.24) is 13.8 Å². The van der Waals surface area contributed by atoms with Gasteiger partial charge in [0.1, 0.15) is 12.3 Å². The molecule has 3 heterocycles. The Labute approximate surface area is 250 Å². The Morgan fingerprint density at radius 1 is 1.05 bits per heavy atom. The summed E-state index contributed by atoms with van der Waals surface area (Å²) in [6.07, 6.45) is -2.51. The predicted molar refractivity (Wildman–Crippen MR) is 160 cm³/mol. The fourth-order valence-electron chi connectivity index (χ4n) is 5.42. The van der Waals surface area contributed by atoms with Crippen molar-refractivity contribution >= 4 is 32.3 Å². The normalized spacial score (nSPS) is 17.4. The van der Waals surface area contributed by atoms with E-state index >= 15 is 0 Å². The fourth-order valence-corrected chi connectivity index (χ4v) is 6.85. The number of ether oxygens (including phenoxy) is 2. The lowest BCUT2D eigenvalue weighted by Gasteiger charge is -2.30. The highest BCUT2D eigenvalue weighted by atomic mass is 32.2. The van der Waals surface area contributed by atoms with Crippen LogP contribution in [0.4, 0.5) is 24.5 Å². The number of fused-ring (bicyclic) bond motifs is 1. The Bertz CT molecular complexity index is 1600. The standard InChI is InChI=1S/C30H36F3N5O4S/c1-36-13-10-22(11-14-36)35-26-6-3-7-28-25(26)19-23(38(28)21-30(31,32)33)5-4-12-34-27-9-8-24(20-29(27)41-2)43(39,40)37-15-17-42-18-16-37/h3,6-9,19-20,22,34-35H,10-18,21H2,1-2H3. The van der Waals surface area contributed by atoms with Gasteiger partial charge in [-0.25, -0.2) is 8.42 Å². The van der Waals surface area contributed by atoms with Crippen LogP contribution in [0.15, 0.2) is 47.4 Å². The quantitative estimate of drug-likeness (QED) is 0.366. The number of sulfonamides is 1. The Balaban J connectivity index is 1.35. The summed E-state index contributed by atoms with van der Waals surface area (Å²) in [5.41, 5.74) is 2.03. The molecule has 2 aliphatic rings. The summed E-state index contributed by atoms with van der Waals surface area (Å²) in [5, 5.41) is 7.32. The van der Waals surface area contributed by atoms with Crippen LogP contribution in [0.5, 0.6) is 5.75 Å². The van der Waals surface area contributed by atoms with Gasteiger partial charge in [-0.05, 0) is 69.2 Å². The molecule has 2 aromatic carbocycles. The molecule has 0 spiro atoms. The van der Waals surface area contributed by atoms with Crippen molar-refractivity contribution < 1.29 is 31.1 Å². The molecule has 13 heteroatoms. The number of hydrogen-bond acceptors (Lipinski definition) is 7. The molecule has 0 aliphatic carbocycles. The third kappa shape index (κ3) is 7.38. The SMILES string of the molecule is COc1cc(S(=O)(=O)N2CCOCC2)ccc1NCC#Cc1cc2c(NC3CCN(C)CC3)cccc2n1CC(F)(F)F. The number of hydrogen-bond donors (Lipinski definition) is 2. The molecule has 0 saturated carbocycles. The molecule has 5 rings (SSSR count). The molecule has 2 fully saturated rings. The number of methoxy groups -OCH3 is 1. The predicted octanol–water partition coefficient (Wildman–Crippen LogP) is 4.20. The second-order valence-corrected chi connectivity index (χ2v) is 12.7. The number of morpholine rings is 1. The first-order valence-electron chi connectivity index (χ1n) is 14.2. The smallest absolute Gasteiger partial charge is 0.406 e. The molecule has 2 saturated heterocycles. The van der Waals surface area contributed by atoms with E-state index in [4.69, 9.17) is 9.47 Å². The molecule has 232 valence electrons. The number of halogens is 3. The van der Waals surface area contributed by atoms with Crippen molar-refractivity contribution in [2.75, 3.05) is 70.7 Å². The number of anilines is 2. The van der Waals surface area contributed by atoms with E-state index in [-0.39, 0.29) is 36.3 Å². The van der Waals surface area contributed by atoms with E-state index < -0.39 is 22.7 Å². The van der Waals surface area contributed by atoms with E-state index in [9.17, 15) is 21.6 Å². The van der Waals surface area contributed by atoms with E-state index in [0.717, 1.165) is 31.6 Å². The molecular formula is C30H36F3N5O4S. The van der Waals surface area contributed by atoms with Crippen LogP contribution in [0.3, 0.4) is 0 Å². The Hall–Kier alpha value is -3.44. The second-order valence-electron chi connectivity index (χ2n) is 10.7. The molecule has 0 atom stereocenters. The van der Waals surface area contributed by atoms with Crippen LogP contribution in [0.1, 0.15) is 18.5 Å². The van der Waals surface area contributed by atoms with Crippen LogP contribution in [0, 0.1) is 11.8 Å². The fraction of sp³-hybridized carbons (Fsp3) is 0.467. The number of aromatic nitrogens is 1. The van der Waals surface area contributed by atoms with Gasteiger partial charge in [0.2, 0.25) is 10.0 Å². The third-order valence-corrected chi connectivity index (χ3v) is 9.62. The first-order valence-corrected chi connectivity index (χ1v) is 15.6. The largest absolute Gasteiger partial charge is 0.495 e. The van der Waals surface area contributed by atoms with Crippen molar-refractivity contribution in [3.8, 4) is 17.6 Å². The molecule has 0 bridgehead atoms. The van der Waals surface area contributed by atoms with Crippen molar-refractivity contribution in [2.24, 2.45) is 0 Å². The highest BCUT2D eigenvalue weighted by molar-refractivity contribution is 7.89. The second kappa shape index (κ2) is 13.1. The number of nitrogens with one attached hydrogen (secondary N) is 2. The average molecular weight is 620 g/mol. The molecule has 9 nitrogen and oxygen atoms in total. The maximum Gasteiger partial charge on any atom is 0.406 e. The van der Waals surface area contributed by atoms with E-state index in [1.807, 2.05) is 6.07 Å². The van der Waals surface area contributed by atoms with Crippen LogP contribution >= 0.6 is 0 Å². The zero-order valence-corrected chi connectivity index (χ0v) is 25.0. The Morgan fingerprint density at radius 2 is 1.79 bits per heavy atom. The average Bonchev–Trinajstić information content (AvgIpc) is 3.33. The summed E-state index contributed by atoms with van der Waals surface area (Å²) in [5.74, 6) is 6.14. The third-order valence-electron chi connectivity index (χ3n) is 7.73. The lowest BCUT2D eigenvalue weighted by Crippen LogP contribution is -2.40. The van der Waals surface area contributed by atoms with E-state index in [1.165, 1.54) is 28.1 Å². The van der Waals surface area contributed by atoms with Gasteiger partial charge in [0, 0.05) is 36.3 Å². The van der Waals surface area contributed by atoms with Gasteiger partial charge in [-0.3, -0.25) is 0 Å². The van der Waals surface area contributed by atoms with Gasteiger partial charge in [-0.1, -0.05) is 12.0 Å². The minimum atomic E-state index is -4.42. The van der Waals surface area contributed by atoms with Gasteiger partial charge < -0.3 is 29.6 Å². The zero-order chi connectivity index (χ0) is 30.6. The van der Waals surface area contributed by atoms with Gasteiger partial charge in [-0.2, -0.15) is 17.5 Å². The topological polar surface area (TPSA) is 88.1 Å². The van der Waals surface area contributed by atoms with Crippen molar-refractivity contribution in [2.45, 2.75) is 36.5 Å². The summed E-state index contributed by atoms with van der Waals surface area (Å²) in [4.78, 5) is 2.36. The molecule has 2 N–H and O–H groups in total. The van der Waals surface area contributed by atoms with E-state index in [2.05, 4.69) is 34.4 Å². The molecule has 1 aromatic heterocycles. The molecule has 0 amide bonds. The first-order chi connectivity index (χ1) is 20.5. The molecule has 3 aromatic rings. The van der Waals surface area contributed by atoms with Crippen LogP contribution in [-0.4, -0.2) is 94.5 Å². The monoisotopic (exact) mass is 619 g/mol. The zero-order valence-electron chi connectivity index (χ0n) is 24.2. The summed E-state index contributed by atoms with van der Waals surface area (Å²) < 4.78 is 80.1. The van der Waals surface area contributed by atoms with Crippen molar-refractivity contribution in [1.29, 1.82) is 0 Å². The lowest BCUT2D eigenvalue weighted by atomic mass is 10.0.